The predicted octanol–water partition coefficient (Wildman–Crippen LogP) is 4.08. The van der Waals surface area contributed by atoms with Crippen molar-refractivity contribution in [2.24, 2.45) is 0 Å². The van der Waals surface area contributed by atoms with E-state index in [4.69, 9.17) is 9.47 Å². The molecule has 7 nitrogen and oxygen atoms in total. The second-order valence-corrected chi connectivity index (χ2v) is 7.22. The van der Waals surface area contributed by atoms with Crippen LogP contribution in [0.15, 0.2) is 78.9 Å². The van der Waals surface area contributed by atoms with E-state index in [1.54, 1.807) is 24.3 Å². The second-order valence-electron chi connectivity index (χ2n) is 7.22. The summed E-state index contributed by atoms with van der Waals surface area (Å²) in [6.45, 7) is 4.16. The number of ether oxygens (including phenoxy) is 2. The molecule has 0 aromatic heterocycles. The molecule has 0 spiro atoms. The Morgan fingerprint density at radius 2 is 1.64 bits per heavy atom. The van der Waals surface area contributed by atoms with Gasteiger partial charge >= 0.3 is 0 Å². The fourth-order valence-corrected chi connectivity index (χ4v) is 3.03. The smallest absolute Gasteiger partial charge is 0.251 e. The van der Waals surface area contributed by atoms with Crippen molar-refractivity contribution >= 4 is 23.2 Å². The minimum atomic E-state index is -0.195. The SMILES string of the molecule is CCOCCOc1cccc(NCC(=O)Nc2ccc(C(=O)NCc3ccccc3)cc2)c1. The summed E-state index contributed by atoms with van der Waals surface area (Å²) in [7, 11) is 0. The minimum absolute atomic E-state index is 0.0989. The van der Waals surface area contributed by atoms with Gasteiger partial charge in [-0.3, -0.25) is 9.59 Å². The monoisotopic (exact) mass is 447 g/mol. The van der Waals surface area contributed by atoms with E-state index in [1.165, 1.54) is 0 Å². The first-order valence-electron chi connectivity index (χ1n) is 10.9. The highest BCUT2D eigenvalue weighted by atomic mass is 16.5. The summed E-state index contributed by atoms with van der Waals surface area (Å²) in [6.07, 6.45) is 0. The highest BCUT2D eigenvalue weighted by molar-refractivity contribution is 5.96. The molecule has 0 aliphatic heterocycles. The minimum Gasteiger partial charge on any atom is -0.491 e. The van der Waals surface area contributed by atoms with Gasteiger partial charge < -0.3 is 25.4 Å². The molecule has 3 N–H and O–H groups in total. The Hall–Kier alpha value is -3.84. The lowest BCUT2D eigenvalue weighted by molar-refractivity contribution is -0.114. The first-order chi connectivity index (χ1) is 16.1. The summed E-state index contributed by atoms with van der Waals surface area (Å²) in [5.41, 5.74) is 2.96. The Morgan fingerprint density at radius 1 is 0.848 bits per heavy atom. The molecular weight excluding hydrogens is 418 g/mol. The van der Waals surface area contributed by atoms with Crippen molar-refractivity contribution in [1.29, 1.82) is 0 Å². The average Bonchev–Trinajstić information content (AvgIpc) is 2.85. The zero-order valence-corrected chi connectivity index (χ0v) is 18.7. The topological polar surface area (TPSA) is 88.7 Å². The lowest BCUT2D eigenvalue weighted by Crippen LogP contribution is -2.23. The summed E-state index contributed by atoms with van der Waals surface area (Å²) in [5.74, 6) is 0.349. The molecule has 172 valence electrons. The van der Waals surface area contributed by atoms with Crippen LogP contribution in [0.4, 0.5) is 11.4 Å². The number of benzene rings is 3. The Morgan fingerprint density at radius 3 is 2.39 bits per heavy atom. The molecule has 0 atom stereocenters. The molecule has 3 aromatic rings. The molecule has 0 saturated carbocycles. The van der Waals surface area contributed by atoms with Crippen LogP contribution >= 0.6 is 0 Å². The average molecular weight is 448 g/mol. The number of amides is 2. The molecule has 0 fully saturated rings. The molecule has 33 heavy (non-hydrogen) atoms. The van der Waals surface area contributed by atoms with Crippen molar-refractivity contribution in [2.45, 2.75) is 13.5 Å². The standard InChI is InChI=1S/C26H29N3O4/c1-2-32-15-16-33-24-10-6-9-23(17-24)27-19-25(30)29-22-13-11-21(12-14-22)26(31)28-18-20-7-4-3-5-8-20/h3-14,17,27H,2,15-16,18-19H2,1H3,(H,28,31)(H,29,30). The van der Waals surface area contributed by atoms with Crippen molar-refractivity contribution in [3.63, 3.8) is 0 Å². The molecule has 0 bridgehead atoms. The fraction of sp³-hybridized carbons (Fsp3) is 0.231. The Bertz CT molecular complexity index is 1020. The molecule has 0 unspecified atom stereocenters. The van der Waals surface area contributed by atoms with Gasteiger partial charge in [0.1, 0.15) is 12.4 Å². The van der Waals surface area contributed by atoms with Crippen LogP contribution in [0.2, 0.25) is 0 Å². The summed E-state index contributed by atoms with van der Waals surface area (Å²) in [6, 6.07) is 23.9. The molecule has 3 aromatic carbocycles. The number of carbonyl (C=O) groups is 2. The number of nitrogens with one attached hydrogen (secondary N) is 3. The summed E-state index contributed by atoms with van der Waals surface area (Å²) in [5, 5.41) is 8.78. The first-order valence-corrected chi connectivity index (χ1v) is 10.9. The van der Waals surface area contributed by atoms with Gasteiger partial charge in [-0.25, -0.2) is 0 Å². The van der Waals surface area contributed by atoms with E-state index in [1.807, 2.05) is 61.5 Å². The van der Waals surface area contributed by atoms with Crippen molar-refractivity contribution in [1.82, 2.24) is 5.32 Å². The van der Waals surface area contributed by atoms with Crippen LogP contribution in [-0.4, -0.2) is 38.2 Å². The second kappa shape index (κ2) is 12.9. The van der Waals surface area contributed by atoms with Crippen molar-refractivity contribution in [3.8, 4) is 5.75 Å². The van der Waals surface area contributed by atoms with E-state index in [9.17, 15) is 9.59 Å². The van der Waals surface area contributed by atoms with E-state index in [0.29, 0.717) is 43.4 Å². The number of carbonyl (C=O) groups excluding carboxylic acids is 2. The Kier molecular flexibility index (Phi) is 9.29. The summed E-state index contributed by atoms with van der Waals surface area (Å²) in [4.78, 5) is 24.6. The van der Waals surface area contributed by atoms with Gasteiger partial charge in [0.2, 0.25) is 5.91 Å². The van der Waals surface area contributed by atoms with E-state index < -0.39 is 0 Å². The maximum Gasteiger partial charge on any atom is 0.251 e. The third-order valence-corrected chi connectivity index (χ3v) is 4.71. The number of hydrogen-bond acceptors (Lipinski definition) is 5. The zero-order chi connectivity index (χ0) is 23.3. The molecule has 2 amide bonds. The van der Waals surface area contributed by atoms with Gasteiger partial charge in [0.05, 0.1) is 13.2 Å². The van der Waals surface area contributed by atoms with Crippen molar-refractivity contribution < 1.29 is 19.1 Å². The number of rotatable bonds is 12. The molecular formula is C26H29N3O4. The van der Waals surface area contributed by atoms with Crippen molar-refractivity contribution in [3.05, 3.63) is 90.0 Å². The van der Waals surface area contributed by atoms with Crippen LogP contribution in [0.1, 0.15) is 22.8 Å². The molecule has 7 heteroatoms. The van der Waals surface area contributed by atoms with E-state index in [-0.39, 0.29) is 18.4 Å². The van der Waals surface area contributed by atoms with Crippen LogP contribution in [0.25, 0.3) is 0 Å². The quantitative estimate of drug-likeness (QED) is 0.364. The highest BCUT2D eigenvalue weighted by Gasteiger charge is 2.07. The molecule has 0 aliphatic rings. The summed E-state index contributed by atoms with van der Waals surface area (Å²) < 4.78 is 10.9. The maximum atomic E-state index is 12.3. The maximum absolute atomic E-state index is 12.3. The third-order valence-electron chi connectivity index (χ3n) is 4.71. The highest BCUT2D eigenvalue weighted by Crippen LogP contribution is 2.17. The van der Waals surface area contributed by atoms with E-state index in [2.05, 4.69) is 16.0 Å². The van der Waals surface area contributed by atoms with Crippen LogP contribution in [0.5, 0.6) is 5.75 Å². The zero-order valence-electron chi connectivity index (χ0n) is 18.7. The largest absolute Gasteiger partial charge is 0.491 e. The van der Waals surface area contributed by atoms with Gasteiger partial charge in [0.15, 0.2) is 0 Å². The first kappa shape index (κ1) is 23.8. The van der Waals surface area contributed by atoms with Gasteiger partial charge in [-0.2, -0.15) is 0 Å². The number of hydrogen-bond donors (Lipinski definition) is 3. The van der Waals surface area contributed by atoms with Gasteiger partial charge in [-0.1, -0.05) is 36.4 Å². The van der Waals surface area contributed by atoms with Crippen molar-refractivity contribution in [2.75, 3.05) is 37.0 Å². The normalized spacial score (nSPS) is 10.3. The van der Waals surface area contributed by atoms with Gasteiger partial charge in [-0.15, -0.1) is 0 Å². The van der Waals surface area contributed by atoms with Crippen LogP contribution in [-0.2, 0) is 16.1 Å². The molecule has 3 rings (SSSR count). The third kappa shape index (κ3) is 8.31. The van der Waals surface area contributed by atoms with E-state index in [0.717, 1.165) is 11.3 Å². The molecule has 0 saturated heterocycles. The van der Waals surface area contributed by atoms with Crippen LogP contribution in [0, 0.1) is 0 Å². The molecule has 0 heterocycles. The lowest BCUT2D eigenvalue weighted by atomic mass is 10.1. The van der Waals surface area contributed by atoms with Gasteiger partial charge in [0.25, 0.3) is 5.91 Å². The van der Waals surface area contributed by atoms with Gasteiger partial charge in [0, 0.05) is 36.2 Å². The van der Waals surface area contributed by atoms with E-state index >= 15 is 0 Å². The molecule has 0 radical (unpaired) electrons. The van der Waals surface area contributed by atoms with Gasteiger partial charge in [-0.05, 0) is 48.9 Å². The Labute approximate surface area is 194 Å². The molecule has 0 aliphatic carbocycles. The fourth-order valence-electron chi connectivity index (χ4n) is 3.03. The lowest BCUT2D eigenvalue weighted by Gasteiger charge is -2.11. The predicted molar refractivity (Wildman–Crippen MR) is 130 cm³/mol. The Balaban J connectivity index is 1.42. The van der Waals surface area contributed by atoms with Crippen LogP contribution in [0.3, 0.4) is 0 Å². The van der Waals surface area contributed by atoms with Crippen LogP contribution < -0.4 is 20.7 Å². The summed E-state index contributed by atoms with van der Waals surface area (Å²) >= 11 is 0. The number of anilines is 2.